The predicted molar refractivity (Wildman–Crippen MR) is 112 cm³/mol. The van der Waals surface area contributed by atoms with E-state index in [1.54, 1.807) is 6.26 Å². The van der Waals surface area contributed by atoms with Gasteiger partial charge in [-0.2, -0.15) is 0 Å². The van der Waals surface area contributed by atoms with Crippen molar-refractivity contribution in [1.29, 1.82) is 0 Å². The molecule has 7 nitrogen and oxygen atoms in total. The lowest BCUT2D eigenvalue weighted by Gasteiger charge is -2.37. The van der Waals surface area contributed by atoms with Gasteiger partial charge in [0.1, 0.15) is 0 Å². The number of carbonyl (C=O) groups excluding carboxylic acids is 2. The van der Waals surface area contributed by atoms with Crippen LogP contribution in [0.3, 0.4) is 0 Å². The summed E-state index contributed by atoms with van der Waals surface area (Å²) in [7, 11) is 0. The van der Waals surface area contributed by atoms with Crippen molar-refractivity contribution < 1.29 is 18.9 Å². The van der Waals surface area contributed by atoms with E-state index < -0.39 is 11.8 Å². The van der Waals surface area contributed by atoms with Gasteiger partial charge in [0.25, 0.3) is 0 Å². The van der Waals surface area contributed by atoms with Gasteiger partial charge in [-0.05, 0) is 30.2 Å². The maximum atomic E-state index is 12.2. The van der Waals surface area contributed by atoms with Crippen LogP contribution in [0.25, 0.3) is 0 Å². The smallest absolute Gasteiger partial charge is 0.309 e. The molecule has 1 aromatic heterocycles. The zero-order valence-electron chi connectivity index (χ0n) is 17.2. The second-order valence-corrected chi connectivity index (χ2v) is 7.86. The molecule has 3 rings (SSSR count). The zero-order valence-corrected chi connectivity index (χ0v) is 17.2. The Morgan fingerprint density at radius 3 is 2.24 bits per heavy atom. The fraction of sp³-hybridized carbons (Fsp3) is 0.455. The van der Waals surface area contributed by atoms with Crippen molar-refractivity contribution in [3.8, 4) is 0 Å². The molecular formula is C22H31N4O3+. The van der Waals surface area contributed by atoms with E-state index in [1.165, 1.54) is 10.6 Å². The van der Waals surface area contributed by atoms with E-state index in [4.69, 9.17) is 4.42 Å². The van der Waals surface area contributed by atoms with Gasteiger partial charge >= 0.3 is 11.8 Å². The number of rotatable bonds is 7. The summed E-state index contributed by atoms with van der Waals surface area (Å²) < 4.78 is 5.65. The molecule has 3 N–H and O–H groups in total. The van der Waals surface area contributed by atoms with Gasteiger partial charge in [0.05, 0.1) is 39.0 Å². The highest BCUT2D eigenvalue weighted by atomic mass is 16.3. The van der Waals surface area contributed by atoms with E-state index in [0.29, 0.717) is 19.0 Å². The number of piperazine rings is 1. The summed E-state index contributed by atoms with van der Waals surface area (Å²) >= 11 is 0. The van der Waals surface area contributed by atoms with Crippen molar-refractivity contribution in [1.82, 2.24) is 10.6 Å². The highest BCUT2D eigenvalue weighted by Crippen LogP contribution is 2.14. The van der Waals surface area contributed by atoms with Gasteiger partial charge < -0.3 is 24.9 Å². The van der Waals surface area contributed by atoms with Crippen LogP contribution in [0.5, 0.6) is 0 Å². The summed E-state index contributed by atoms with van der Waals surface area (Å²) in [5.74, 6) is -0.0469. The molecule has 2 amide bonds. The molecule has 1 aliphatic rings. The number of anilines is 1. The molecule has 0 aliphatic carbocycles. The molecule has 0 unspecified atom stereocenters. The number of nitrogens with zero attached hydrogens (tertiary/aromatic N) is 1. The quantitative estimate of drug-likeness (QED) is 0.597. The minimum atomic E-state index is -0.593. The first-order valence-electron chi connectivity index (χ1n) is 10.3. The first kappa shape index (κ1) is 20.9. The van der Waals surface area contributed by atoms with Gasteiger partial charge in [-0.15, -0.1) is 0 Å². The summed E-state index contributed by atoms with van der Waals surface area (Å²) in [5.41, 5.74) is 1.23. The monoisotopic (exact) mass is 399 g/mol. The summed E-state index contributed by atoms with van der Waals surface area (Å²) in [4.78, 5) is 27.9. The number of hydrogen-bond acceptors (Lipinski definition) is 4. The van der Waals surface area contributed by atoms with Gasteiger partial charge in [0.2, 0.25) is 0 Å². The zero-order chi connectivity index (χ0) is 20.6. The first-order valence-corrected chi connectivity index (χ1v) is 10.3. The van der Waals surface area contributed by atoms with Crippen LogP contribution in [0, 0.1) is 5.92 Å². The van der Waals surface area contributed by atoms with Crippen LogP contribution in [0.4, 0.5) is 5.69 Å². The van der Waals surface area contributed by atoms with Crippen LogP contribution >= 0.6 is 0 Å². The van der Waals surface area contributed by atoms with Gasteiger partial charge in [0, 0.05) is 12.2 Å². The summed E-state index contributed by atoms with van der Waals surface area (Å²) in [5, 5.41) is 5.45. The summed E-state index contributed by atoms with van der Waals surface area (Å²) in [6, 6.07) is 14.2. The number of nitrogens with one attached hydrogen (secondary N) is 3. The van der Waals surface area contributed by atoms with Crippen molar-refractivity contribution >= 4 is 17.5 Å². The maximum absolute atomic E-state index is 12.2. The van der Waals surface area contributed by atoms with E-state index in [1.807, 2.05) is 32.0 Å². The van der Waals surface area contributed by atoms with Crippen molar-refractivity contribution in [2.45, 2.75) is 19.9 Å². The van der Waals surface area contributed by atoms with Gasteiger partial charge in [-0.25, -0.2) is 0 Å². The second kappa shape index (κ2) is 10.1. The van der Waals surface area contributed by atoms with Crippen LogP contribution in [0.15, 0.2) is 53.1 Å². The van der Waals surface area contributed by atoms with Gasteiger partial charge in [-0.3, -0.25) is 9.59 Å². The molecule has 0 bridgehead atoms. The molecule has 0 saturated carbocycles. The van der Waals surface area contributed by atoms with Crippen molar-refractivity contribution in [2.75, 3.05) is 44.2 Å². The minimum absolute atomic E-state index is 0.0234. The van der Waals surface area contributed by atoms with Crippen LogP contribution in [0.1, 0.15) is 25.6 Å². The summed E-state index contributed by atoms with van der Waals surface area (Å²) in [6.45, 7) is 8.54. The summed E-state index contributed by atoms with van der Waals surface area (Å²) in [6.07, 6.45) is 1.65. The third-order valence-corrected chi connectivity index (χ3v) is 5.25. The number of hydrogen-bond donors (Lipinski definition) is 3. The van der Waals surface area contributed by atoms with E-state index in [2.05, 4.69) is 39.8 Å². The number of para-hydroxylation sites is 1. The Morgan fingerprint density at radius 1 is 1.00 bits per heavy atom. The van der Waals surface area contributed by atoms with Gasteiger partial charge in [-0.1, -0.05) is 32.0 Å². The SMILES string of the molecule is CC(C)CNC(=O)C(=O)NC[C@@H](c1ccco1)[NH+]1CCN(c2ccccc2)CC1. The average molecular weight is 400 g/mol. The number of amides is 2. The Hall–Kier alpha value is -2.80. The third kappa shape index (κ3) is 5.84. The molecule has 7 heteroatoms. The molecule has 1 atom stereocenters. The van der Waals surface area contributed by atoms with Crippen LogP contribution < -0.4 is 20.4 Å². The molecule has 1 aromatic carbocycles. The minimum Gasteiger partial charge on any atom is -0.463 e. The Kier molecular flexibility index (Phi) is 7.30. The van der Waals surface area contributed by atoms with Crippen molar-refractivity contribution in [2.24, 2.45) is 5.92 Å². The largest absolute Gasteiger partial charge is 0.463 e. The molecule has 1 saturated heterocycles. The number of carbonyl (C=O) groups is 2. The highest BCUT2D eigenvalue weighted by molar-refractivity contribution is 6.35. The molecule has 0 spiro atoms. The molecule has 2 heterocycles. The fourth-order valence-corrected chi connectivity index (χ4v) is 3.63. The highest BCUT2D eigenvalue weighted by Gasteiger charge is 2.31. The van der Waals surface area contributed by atoms with E-state index >= 15 is 0 Å². The van der Waals surface area contributed by atoms with Crippen molar-refractivity contribution in [3.05, 3.63) is 54.5 Å². The second-order valence-electron chi connectivity index (χ2n) is 7.86. The number of benzene rings is 1. The Labute approximate surface area is 172 Å². The lowest BCUT2D eigenvalue weighted by Crippen LogP contribution is -3.15. The third-order valence-electron chi connectivity index (χ3n) is 5.25. The Morgan fingerprint density at radius 2 is 1.66 bits per heavy atom. The molecular weight excluding hydrogens is 368 g/mol. The first-order chi connectivity index (χ1) is 14.0. The number of quaternary nitrogens is 1. The maximum Gasteiger partial charge on any atom is 0.309 e. The normalized spacial score (nSPS) is 15.9. The average Bonchev–Trinajstić information content (AvgIpc) is 3.27. The van der Waals surface area contributed by atoms with E-state index in [9.17, 15) is 9.59 Å². The fourth-order valence-electron chi connectivity index (χ4n) is 3.63. The van der Waals surface area contributed by atoms with E-state index in [-0.39, 0.29) is 6.04 Å². The van der Waals surface area contributed by atoms with Crippen LogP contribution in [-0.2, 0) is 9.59 Å². The lowest BCUT2D eigenvalue weighted by atomic mass is 10.1. The van der Waals surface area contributed by atoms with Gasteiger partial charge in [0.15, 0.2) is 11.8 Å². The van der Waals surface area contributed by atoms with Crippen molar-refractivity contribution in [3.63, 3.8) is 0 Å². The standard InChI is InChI=1S/C22H30N4O3/c1-17(2)15-23-21(27)22(28)24-16-19(20-9-6-14-29-20)26-12-10-25(11-13-26)18-7-4-3-5-8-18/h3-9,14,17,19H,10-13,15-16H2,1-2H3,(H,23,27)(H,24,28)/p+1/t19-/m0/s1. The Bertz CT molecular complexity index is 769. The number of furan rings is 1. The lowest BCUT2D eigenvalue weighted by molar-refractivity contribution is -0.932. The molecule has 0 radical (unpaired) electrons. The predicted octanol–water partition coefficient (Wildman–Crippen LogP) is 0.614. The van der Waals surface area contributed by atoms with E-state index in [0.717, 1.165) is 31.9 Å². The molecule has 2 aromatic rings. The molecule has 29 heavy (non-hydrogen) atoms. The molecule has 1 fully saturated rings. The van der Waals surface area contributed by atoms with Crippen LogP contribution in [0.2, 0.25) is 0 Å². The molecule has 156 valence electrons. The molecule has 1 aliphatic heterocycles. The topological polar surface area (TPSA) is 79.0 Å². The Balaban J connectivity index is 1.57. The van der Waals surface area contributed by atoms with Crippen LogP contribution in [-0.4, -0.2) is 51.1 Å².